The van der Waals surface area contributed by atoms with Gasteiger partial charge in [0.05, 0.1) is 5.39 Å². The molecule has 0 radical (unpaired) electrons. The Morgan fingerprint density at radius 1 is 1.35 bits per heavy atom. The zero-order valence-corrected chi connectivity index (χ0v) is 16.1. The number of aryl methyl sites for hydroxylation is 2. The number of nitrogens with zero attached hydrogens (tertiary/aromatic N) is 5. The number of nitrogens with one attached hydrogen (secondary N) is 1. The molecule has 26 heavy (non-hydrogen) atoms. The Kier molecular flexibility index (Phi) is 4.86. The molecule has 7 nitrogen and oxygen atoms in total. The first kappa shape index (κ1) is 17.4. The van der Waals surface area contributed by atoms with E-state index in [0.717, 1.165) is 54.8 Å². The molecule has 1 amide bonds. The van der Waals surface area contributed by atoms with Gasteiger partial charge in [0.15, 0.2) is 5.65 Å². The van der Waals surface area contributed by atoms with Crippen molar-refractivity contribution < 1.29 is 4.79 Å². The SMILES string of the molecule is CCN(CC)CCCNC(=O)c1nc2c3c4c(sc3ncn2n1)CCC4. The lowest BCUT2D eigenvalue weighted by atomic mass is 10.2. The number of carbonyl (C=O) groups excluding carboxylic acids is 1. The molecule has 0 saturated heterocycles. The summed E-state index contributed by atoms with van der Waals surface area (Å²) in [7, 11) is 0. The number of thiophene rings is 1. The molecule has 1 aliphatic rings. The molecule has 3 aromatic rings. The van der Waals surface area contributed by atoms with Gasteiger partial charge >= 0.3 is 0 Å². The van der Waals surface area contributed by atoms with E-state index in [-0.39, 0.29) is 11.7 Å². The van der Waals surface area contributed by atoms with E-state index in [4.69, 9.17) is 0 Å². The second kappa shape index (κ2) is 7.28. The van der Waals surface area contributed by atoms with Crippen molar-refractivity contribution in [3.63, 3.8) is 0 Å². The van der Waals surface area contributed by atoms with Crippen LogP contribution >= 0.6 is 11.3 Å². The van der Waals surface area contributed by atoms with Crippen LogP contribution in [0.25, 0.3) is 15.9 Å². The Labute approximate surface area is 156 Å². The highest BCUT2D eigenvalue weighted by molar-refractivity contribution is 7.19. The quantitative estimate of drug-likeness (QED) is 0.644. The van der Waals surface area contributed by atoms with Crippen LogP contribution in [0.5, 0.6) is 0 Å². The molecule has 4 rings (SSSR count). The van der Waals surface area contributed by atoms with E-state index in [1.165, 1.54) is 16.9 Å². The minimum atomic E-state index is -0.215. The summed E-state index contributed by atoms with van der Waals surface area (Å²) < 4.78 is 1.64. The Morgan fingerprint density at radius 2 is 2.19 bits per heavy atom. The minimum absolute atomic E-state index is 0.215. The average Bonchev–Trinajstić information content (AvgIpc) is 3.34. The van der Waals surface area contributed by atoms with Crippen LogP contribution in [0, 0.1) is 0 Å². The van der Waals surface area contributed by atoms with Crippen molar-refractivity contribution in [1.29, 1.82) is 0 Å². The van der Waals surface area contributed by atoms with E-state index >= 15 is 0 Å². The Bertz CT molecular complexity index is 942. The summed E-state index contributed by atoms with van der Waals surface area (Å²) in [6.45, 7) is 7.99. The topological polar surface area (TPSA) is 75.4 Å². The molecule has 0 fully saturated rings. The van der Waals surface area contributed by atoms with Gasteiger partial charge in [-0.2, -0.15) is 0 Å². The first-order valence-electron chi connectivity index (χ1n) is 9.37. The molecule has 0 spiro atoms. The van der Waals surface area contributed by atoms with Gasteiger partial charge in [0, 0.05) is 11.4 Å². The number of carbonyl (C=O) groups is 1. The van der Waals surface area contributed by atoms with Crippen molar-refractivity contribution in [2.24, 2.45) is 0 Å². The molecule has 0 bridgehead atoms. The number of aromatic nitrogens is 4. The predicted molar refractivity (Wildman–Crippen MR) is 103 cm³/mol. The van der Waals surface area contributed by atoms with Crippen LogP contribution in [0.15, 0.2) is 6.33 Å². The van der Waals surface area contributed by atoms with Crippen molar-refractivity contribution in [2.45, 2.75) is 39.5 Å². The fourth-order valence-electron chi connectivity index (χ4n) is 3.61. The van der Waals surface area contributed by atoms with Crippen molar-refractivity contribution in [2.75, 3.05) is 26.2 Å². The molecule has 0 atom stereocenters. The molecule has 1 aliphatic carbocycles. The van der Waals surface area contributed by atoms with E-state index in [1.807, 2.05) is 0 Å². The zero-order valence-electron chi connectivity index (χ0n) is 15.3. The molecule has 1 N–H and O–H groups in total. The second-order valence-electron chi connectivity index (χ2n) is 6.62. The van der Waals surface area contributed by atoms with Crippen LogP contribution in [-0.2, 0) is 12.8 Å². The second-order valence-corrected chi connectivity index (χ2v) is 7.71. The number of amides is 1. The maximum atomic E-state index is 12.4. The van der Waals surface area contributed by atoms with Crippen LogP contribution in [0.3, 0.4) is 0 Å². The predicted octanol–water partition coefficient (Wildman–Crippen LogP) is 2.29. The lowest BCUT2D eigenvalue weighted by molar-refractivity contribution is 0.0941. The normalized spacial score (nSPS) is 13.8. The summed E-state index contributed by atoms with van der Waals surface area (Å²) in [5.74, 6) is 0.00774. The monoisotopic (exact) mass is 372 g/mol. The summed E-state index contributed by atoms with van der Waals surface area (Å²) in [6, 6.07) is 0. The number of fused-ring (bicyclic) bond motifs is 5. The third kappa shape index (κ3) is 3.07. The average molecular weight is 372 g/mol. The van der Waals surface area contributed by atoms with E-state index < -0.39 is 0 Å². The largest absolute Gasteiger partial charge is 0.349 e. The van der Waals surface area contributed by atoms with E-state index in [1.54, 1.807) is 22.2 Å². The summed E-state index contributed by atoms with van der Waals surface area (Å²) in [5.41, 5.74) is 2.10. The van der Waals surface area contributed by atoms with Crippen LogP contribution in [0.1, 0.15) is 47.7 Å². The smallest absolute Gasteiger partial charge is 0.290 e. The summed E-state index contributed by atoms with van der Waals surface area (Å²) in [4.78, 5) is 26.2. The van der Waals surface area contributed by atoms with Gasteiger partial charge in [-0.3, -0.25) is 4.79 Å². The maximum Gasteiger partial charge on any atom is 0.290 e. The van der Waals surface area contributed by atoms with Gasteiger partial charge in [-0.05, 0) is 50.9 Å². The van der Waals surface area contributed by atoms with Crippen molar-refractivity contribution in [3.05, 3.63) is 22.6 Å². The molecule has 0 aromatic carbocycles. The van der Waals surface area contributed by atoms with Crippen LogP contribution in [0.4, 0.5) is 0 Å². The van der Waals surface area contributed by atoms with E-state index in [0.29, 0.717) is 6.54 Å². The van der Waals surface area contributed by atoms with Crippen molar-refractivity contribution in [3.8, 4) is 0 Å². The molecule has 3 aromatic heterocycles. The highest BCUT2D eigenvalue weighted by Gasteiger charge is 2.23. The van der Waals surface area contributed by atoms with E-state index in [9.17, 15) is 4.79 Å². The zero-order chi connectivity index (χ0) is 18.1. The summed E-state index contributed by atoms with van der Waals surface area (Å²) >= 11 is 1.75. The minimum Gasteiger partial charge on any atom is -0.349 e. The Balaban J connectivity index is 1.50. The van der Waals surface area contributed by atoms with Crippen molar-refractivity contribution >= 4 is 33.1 Å². The Hall–Kier alpha value is -2.06. The van der Waals surface area contributed by atoms with Crippen LogP contribution in [-0.4, -0.2) is 56.6 Å². The molecule has 0 unspecified atom stereocenters. The third-order valence-electron chi connectivity index (χ3n) is 5.08. The number of hydrogen-bond acceptors (Lipinski definition) is 6. The van der Waals surface area contributed by atoms with Gasteiger partial charge < -0.3 is 10.2 Å². The van der Waals surface area contributed by atoms with Gasteiger partial charge in [0.1, 0.15) is 11.2 Å². The molecule has 3 heterocycles. The number of hydrogen-bond donors (Lipinski definition) is 1. The first-order valence-corrected chi connectivity index (χ1v) is 10.2. The fraction of sp³-hybridized carbons (Fsp3) is 0.556. The molecular formula is C18H24N6OS. The van der Waals surface area contributed by atoms with Gasteiger partial charge in [-0.25, -0.2) is 14.5 Å². The fourth-order valence-corrected chi connectivity index (χ4v) is 4.84. The van der Waals surface area contributed by atoms with Gasteiger partial charge in [0.2, 0.25) is 5.82 Å². The molecule has 8 heteroatoms. The van der Waals surface area contributed by atoms with Crippen LogP contribution in [0.2, 0.25) is 0 Å². The van der Waals surface area contributed by atoms with E-state index in [2.05, 4.69) is 39.1 Å². The molecule has 138 valence electrons. The van der Waals surface area contributed by atoms with Gasteiger partial charge in [-0.1, -0.05) is 13.8 Å². The maximum absolute atomic E-state index is 12.4. The van der Waals surface area contributed by atoms with Gasteiger partial charge in [-0.15, -0.1) is 16.4 Å². The lowest BCUT2D eigenvalue weighted by Crippen LogP contribution is -2.30. The van der Waals surface area contributed by atoms with Crippen LogP contribution < -0.4 is 5.32 Å². The first-order chi connectivity index (χ1) is 12.7. The third-order valence-corrected chi connectivity index (χ3v) is 6.28. The highest BCUT2D eigenvalue weighted by Crippen LogP contribution is 2.37. The van der Waals surface area contributed by atoms with Gasteiger partial charge in [0.25, 0.3) is 5.91 Å². The highest BCUT2D eigenvalue weighted by atomic mass is 32.1. The standard InChI is InChI=1S/C18H24N6OS/c1-3-23(4-2)10-6-9-19-17(25)15-21-16-14-12-7-5-8-13(12)26-18(14)20-11-24(16)22-15/h11H,3-10H2,1-2H3,(H,19,25). The molecule has 0 saturated carbocycles. The summed E-state index contributed by atoms with van der Waals surface area (Å²) in [6.07, 6.45) is 5.96. The number of rotatable bonds is 7. The molecule has 0 aliphatic heterocycles. The summed E-state index contributed by atoms with van der Waals surface area (Å²) in [5, 5.41) is 8.36. The Morgan fingerprint density at radius 3 is 3.00 bits per heavy atom. The molecular weight excluding hydrogens is 348 g/mol. The lowest BCUT2D eigenvalue weighted by Gasteiger charge is -2.17. The van der Waals surface area contributed by atoms with Crippen molar-refractivity contribution in [1.82, 2.24) is 29.8 Å².